The lowest BCUT2D eigenvalue weighted by Gasteiger charge is -2.40. The Bertz CT molecular complexity index is 1010. The van der Waals surface area contributed by atoms with Gasteiger partial charge in [0.2, 0.25) is 5.91 Å². The Labute approximate surface area is 175 Å². The van der Waals surface area contributed by atoms with Gasteiger partial charge in [0.15, 0.2) is 0 Å². The molecular formula is C22H26N4O4. The predicted octanol–water partition coefficient (Wildman–Crippen LogP) is 3.37. The molecule has 158 valence electrons. The molecule has 3 aliphatic rings. The van der Waals surface area contributed by atoms with Crippen molar-refractivity contribution >= 4 is 23.4 Å². The predicted molar refractivity (Wildman–Crippen MR) is 112 cm³/mol. The third-order valence-corrected chi connectivity index (χ3v) is 6.19. The third kappa shape index (κ3) is 3.25. The SMILES string of the molecule is CC(=O)N1c2ccc(-c3cnn(C4COC4)c3)cc2N(C(=O)OC2(C)CC2)C[C@@H]1C. The van der Waals surface area contributed by atoms with Gasteiger partial charge >= 0.3 is 6.09 Å². The minimum atomic E-state index is -0.359. The van der Waals surface area contributed by atoms with Gasteiger partial charge in [-0.1, -0.05) is 6.07 Å². The van der Waals surface area contributed by atoms with Crippen molar-refractivity contribution in [3.8, 4) is 11.1 Å². The summed E-state index contributed by atoms with van der Waals surface area (Å²) >= 11 is 0. The van der Waals surface area contributed by atoms with Gasteiger partial charge < -0.3 is 14.4 Å². The van der Waals surface area contributed by atoms with Crippen LogP contribution in [0.2, 0.25) is 0 Å². The number of ether oxygens (including phenoxy) is 2. The van der Waals surface area contributed by atoms with Gasteiger partial charge in [0, 0.05) is 25.2 Å². The number of carbonyl (C=O) groups is 2. The van der Waals surface area contributed by atoms with Crippen molar-refractivity contribution in [3.05, 3.63) is 30.6 Å². The van der Waals surface area contributed by atoms with E-state index in [1.54, 1.807) is 16.7 Å². The Kier molecular flexibility index (Phi) is 4.36. The van der Waals surface area contributed by atoms with Gasteiger partial charge in [0.1, 0.15) is 5.60 Å². The van der Waals surface area contributed by atoms with Crippen LogP contribution in [-0.2, 0) is 14.3 Å². The lowest BCUT2D eigenvalue weighted by Crippen LogP contribution is -2.52. The van der Waals surface area contributed by atoms with E-state index in [9.17, 15) is 9.59 Å². The number of nitrogens with zero attached hydrogens (tertiary/aromatic N) is 4. The van der Waals surface area contributed by atoms with Crippen molar-refractivity contribution in [2.24, 2.45) is 0 Å². The van der Waals surface area contributed by atoms with Gasteiger partial charge in [-0.2, -0.15) is 5.10 Å². The lowest BCUT2D eigenvalue weighted by molar-refractivity contribution is -0.117. The van der Waals surface area contributed by atoms with Gasteiger partial charge in [0.25, 0.3) is 0 Å². The molecule has 0 radical (unpaired) electrons. The quantitative estimate of drug-likeness (QED) is 0.775. The fraction of sp³-hybridized carbons (Fsp3) is 0.500. The van der Waals surface area contributed by atoms with Gasteiger partial charge in [-0.05, 0) is 44.4 Å². The molecule has 0 unspecified atom stereocenters. The molecule has 1 atom stereocenters. The number of hydrogen-bond acceptors (Lipinski definition) is 5. The number of fused-ring (bicyclic) bond motifs is 1. The number of amides is 2. The molecule has 3 heterocycles. The first-order valence-corrected chi connectivity index (χ1v) is 10.4. The molecule has 1 aliphatic carbocycles. The number of aromatic nitrogens is 2. The summed E-state index contributed by atoms with van der Waals surface area (Å²) in [6.07, 6.45) is 5.24. The number of carbonyl (C=O) groups excluding carboxylic acids is 2. The van der Waals surface area contributed by atoms with Gasteiger partial charge in [0.05, 0.1) is 42.9 Å². The smallest absolute Gasteiger partial charge is 0.414 e. The Balaban J connectivity index is 1.52. The van der Waals surface area contributed by atoms with Crippen LogP contribution in [0.3, 0.4) is 0 Å². The van der Waals surface area contributed by atoms with Crippen LogP contribution >= 0.6 is 0 Å². The minimum absolute atomic E-state index is 0.0449. The van der Waals surface area contributed by atoms with Crippen LogP contribution in [-0.4, -0.2) is 53.2 Å². The second kappa shape index (κ2) is 6.84. The maximum absolute atomic E-state index is 13.0. The number of benzene rings is 1. The Morgan fingerprint density at radius 1 is 1.20 bits per heavy atom. The molecular weight excluding hydrogens is 384 g/mol. The van der Waals surface area contributed by atoms with E-state index in [2.05, 4.69) is 5.10 Å². The van der Waals surface area contributed by atoms with Crippen LogP contribution in [0, 0.1) is 0 Å². The highest BCUT2D eigenvalue weighted by Crippen LogP contribution is 2.42. The van der Waals surface area contributed by atoms with E-state index in [0.29, 0.717) is 25.4 Å². The van der Waals surface area contributed by atoms with Crippen LogP contribution in [0.4, 0.5) is 16.2 Å². The van der Waals surface area contributed by atoms with Crippen molar-refractivity contribution in [1.82, 2.24) is 9.78 Å². The zero-order valence-electron chi connectivity index (χ0n) is 17.5. The summed E-state index contributed by atoms with van der Waals surface area (Å²) < 4.78 is 12.9. The van der Waals surface area contributed by atoms with Crippen LogP contribution in [0.25, 0.3) is 11.1 Å². The normalized spacial score (nSPS) is 22.3. The topological polar surface area (TPSA) is 76.9 Å². The van der Waals surface area contributed by atoms with Crippen molar-refractivity contribution in [2.75, 3.05) is 29.6 Å². The largest absolute Gasteiger partial charge is 0.443 e. The second-order valence-corrected chi connectivity index (χ2v) is 8.77. The summed E-state index contributed by atoms with van der Waals surface area (Å²) in [5.74, 6) is -0.0449. The Morgan fingerprint density at radius 3 is 2.60 bits per heavy atom. The van der Waals surface area contributed by atoms with Gasteiger partial charge in [-0.15, -0.1) is 0 Å². The van der Waals surface area contributed by atoms with E-state index in [1.165, 1.54) is 0 Å². The van der Waals surface area contributed by atoms with Gasteiger partial charge in [-0.3, -0.25) is 14.4 Å². The highest BCUT2D eigenvalue weighted by Gasteiger charge is 2.44. The average Bonchev–Trinajstić information content (AvgIpc) is 3.18. The third-order valence-electron chi connectivity index (χ3n) is 6.19. The van der Waals surface area contributed by atoms with Crippen LogP contribution in [0.15, 0.2) is 30.6 Å². The molecule has 8 heteroatoms. The maximum Gasteiger partial charge on any atom is 0.414 e. The maximum atomic E-state index is 13.0. The second-order valence-electron chi connectivity index (χ2n) is 8.77. The van der Waals surface area contributed by atoms with Crippen LogP contribution in [0.5, 0.6) is 0 Å². The Hall–Kier alpha value is -2.87. The summed E-state index contributed by atoms with van der Waals surface area (Å²) in [4.78, 5) is 28.7. The molecule has 1 saturated carbocycles. The Morgan fingerprint density at radius 2 is 1.97 bits per heavy atom. The first kappa shape index (κ1) is 19.1. The first-order valence-electron chi connectivity index (χ1n) is 10.4. The van der Waals surface area contributed by atoms with E-state index in [4.69, 9.17) is 9.47 Å². The molecule has 30 heavy (non-hydrogen) atoms. The molecule has 2 amide bonds. The summed E-state index contributed by atoms with van der Waals surface area (Å²) in [5, 5.41) is 4.46. The molecule has 0 bridgehead atoms. The fourth-order valence-corrected chi connectivity index (χ4v) is 4.06. The molecule has 0 N–H and O–H groups in total. The van der Waals surface area contributed by atoms with E-state index in [-0.39, 0.29) is 29.7 Å². The number of rotatable bonds is 3. The summed E-state index contributed by atoms with van der Waals surface area (Å²) in [7, 11) is 0. The molecule has 1 aromatic heterocycles. The minimum Gasteiger partial charge on any atom is -0.443 e. The molecule has 2 aromatic rings. The summed E-state index contributed by atoms with van der Waals surface area (Å²) in [6, 6.07) is 5.96. The molecule has 2 fully saturated rings. The highest BCUT2D eigenvalue weighted by molar-refractivity contribution is 6.03. The molecule has 5 rings (SSSR count). The molecule has 0 spiro atoms. The van der Waals surface area contributed by atoms with Crippen molar-refractivity contribution in [2.45, 2.75) is 51.3 Å². The van der Waals surface area contributed by atoms with E-state index in [0.717, 1.165) is 29.7 Å². The number of hydrogen-bond donors (Lipinski definition) is 0. The fourth-order valence-electron chi connectivity index (χ4n) is 4.06. The first-order chi connectivity index (χ1) is 14.3. The van der Waals surface area contributed by atoms with Crippen molar-refractivity contribution in [3.63, 3.8) is 0 Å². The molecule has 1 aromatic carbocycles. The molecule has 1 saturated heterocycles. The van der Waals surface area contributed by atoms with Crippen LogP contribution in [0.1, 0.15) is 39.7 Å². The van der Waals surface area contributed by atoms with E-state index >= 15 is 0 Å². The summed E-state index contributed by atoms with van der Waals surface area (Å²) in [5.41, 5.74) is 2.95. The van der Waals surface area contributed by atoms with E-state index in [1.807, 2.05) is 49.1 Å². The summed E-state index contributed by atoms with van der Waals surface area (Å²) in [6.45, 7) is 7.20. The number of anilines is 2. The lowest BCUT2D eigenvalue weighted by atomic mass is 10.0. The monoisotopic (exact) mass is 410 g/mol. The van der Waals surface area contributed by atoms with Gasteiger partial charge in [-0.25, -0.2) is 4.79 Å². The zero-order chi connectivity index (χ0) is 21.0. The standard InChI is InChI=1S/C22H26N4O4/c1-14-10-24(21(28)30-22(3)6-7-22)20-8-16(4-5-19(20)26(14)15(2)27)17-9-23-25(11-17)18-12-29-13-18/h4-5,8-9,11,14,18H,6-7,10,12-13H2,1-3H3/t14-/m0/s1. The average molecular weight is 410 g/mol. The molecule has 8 nitrogen and oxygen atoms in total. The zero-order valence-corrected chi connectivity index (χ0v) is 17.5. The van der Waals surface area contributed by atoms with Crippen molar-refractivity contribution in [1.29, 1.82) is 0 Å². The molecule has 2 aliphatic heterocycles. The van der Waals surface area contributed by atoms with Crippen molar-refractivity contribution < 1.29 is 19.1 Å². The highest BCUT2D eigenvalue weighted by atomic mass is 16.6. The van der Waals surface area contributed by atoms with Crippen LogP contribution < -0.4 is 9.80 Å². The van der Waals surface area contributed by atoms with E-state index < -0.39 is 0 Å².